The molecule has 1 heterocycles. The van der Waals surface area contributed by atoms with Gasteiger partial charge in [0.2, 0.25) is 0 Å². The fourth-order valence-electron chi connectivity index (χ4n) is 2.00. The highest BCUT2D eigenvalue weighted by Gasteiger charge is 2.33. The first-order valence-electron chi connectivity index (χ1n) is 4.95. The zero-order valence-electron chi connectivity index (χ0n) is 8.53. The maximum Gasteiger partial charge on any atom is 0.326 e. The summed E-state index contributed by atoms with van der Waals surface area (Å²) < 4.78 is 0. The van der Waals surface area contributed by atoms with Crippen molar-refractivity contribution >= 4 is 11.7 Å². The van der Waals surface area contributed by atoms with E-state index in [0.29, 0.717) is 6.54 Å². The Morgan fingerprint density at radius 3 is 2.93 bits per heavy atom. The number of aliphatic carboxylic acids is 1. The van der Waals surface area contributed by atoms with Gasteiger partial charge < -0.3 is 16.2 Å². The Labute approximate surface area is 88.1 Å². The second kappa shape index (κ2) is 3.55. The lowest BCUT2D eigenvalue weighted by Gasteiger charge is -2.10. The van der Waals surface area contributed by atoms with Gasteiger partial charge in [0.05, 0.1) is 0 Å². The minimum absolute atomic E-state index is 0.0102. The summed E-state index contributed by atoms with van der Waals surface area (Å²) in [5.41, 5.74) is 8.54. The molecule has 80 valence electrons. The second-order valence-corrected chi connectivity index (χ2v) is 3.87. The first-order chi connectivity index (χ1) is 7.13. The fourth-order valence-corrected chi connectivity index (χ4v) is 2.00. The van der Waals surface area contributed by atoms with Crippen LogP contribution >= 0.6 is 0 Å². The van der Waals surface area contributed by atoms with E-state index in [1.165, 1.54) is 0 Å². The third-order valence-electron chi connectivity index (χ3n) is 2.92. The normalized spacial score (nSPS) is 23.3. The zero-order chi connectivity index (χ0) is 11.0. The van der Waals surface area contributed by atoms with E-state index in [-0.39, 0.29) is 5.92 Å². The Balaban J connectivity index is 2.37. The molecule has 0 spiro atoms. The molecule has 1 aliphatic rings. The molecule has 15 heavy (non-hydrogen) atoms. The summed E-state index contributed by atoms with van der Waals surface area (Å²) >= 11 is 0. The molecule has 0 saturated heterocycles. The van der Waals surface area contributed by atoms with Crippen LogP contribution in [-0.4, -0.2) is 17.1 Å². The minimum Gasteiger partial charge on any atom is -0.480 e. The highest BCUT2D eigenvalue weighted by Crippen LogP contribution is 2.36. The van der Waals surface area contributed by atoms with Crippen molar-refractivity contribution in [3.05, 3.63) is 29.3 Å². The number of nitrogens with two attached hydrogens (primary N) is 1. The molecule has 4 nitrogen and oxygen atoms in total. The van der Waals surface area contributed by atoms with Gasteiger partial charge in [-0.2, -0.15) is 0 Å². The summed E-state index contributed by atoms with van der Waals surface area (Å²) in [7, 11) is 0. The average molecular weight is 206 g/mol. The SMILES string of the molecule is CC1c2cc(CN)ccc2NC1C(=O)O. The van der Waals surface area contributed by atoms with Gasteiger partial charge in [-0.1, -0.05) is 19.1 Å². The van der Waals surface area contributed by atoms with E-state index in [9.17, 15) is 4.79 Å². The molecule has 0 aromatic heterocycles. The van der Waals surface area contributed by atoms with Crippen LogP contribution in [0, 0.1) is 0 Å². The number of carbonyl (C=O) groups is 1. The van der Waals surface area contributed by atoms with Crippen LogP contribution in [0.3, 0.4) is 0 Å². The fraction of sp³-hybridized carbons (Fsp3) is 0.364. The quantitative estimate of drug-likeness (QED) is 0.678. The van der Waals surface area contributed by atoms with Crippen molar-refractivity contribution in [3.63, 3.8) is 0 Å². The monoisotopic (exact) mass is 206 g/mol. The van der Waals surface area contributed by atoms with Crippen LogP contribution in [0.15, 0.2) is 18.2 Å². The predicted molar refractivity (Wildman–Crippen MR) is 57.8 cm³/mol. The third kappa shape index (κ3) is 1.57. The van der Waals surface area contributed by atoms with Gasteiger partial charge in [0.25, 0.3) is 0 Å². The van der Waals surface area contributed by atoms with Crippen LogP contribution < -0.4 is 11.1 Å². The number of hydrogen-bond acceptors (Lipinski definition) is 3. The van der Waals surface area contributed by atoms with Crippen molar-refractivity contribution in [2.75, 3.05) is 5.32 Å². The molecular weight excluding hydrogens is 192 g/mol. The molecule has 0 radical (unpaired) electrons. The Morgan fingerprint density at radius 1 is 1.60 bits per heavy atom. The summed E-state index contributed by atoms with van der Waals surface area (Å²) in [5.74, 6) is -0.822. The maximum atomic E-state index is 10.9. The van der Waals surface area contributed by atoms with Crippen molar-refractivity contribution in [2.24, 2.45) is 5.73 Å². The predicted octanol–water partition coefficient (Wildman–Crippen LogP) is 1.13. The summed E-state index contributed by atoms with van der Waals surface area (Å²) in [5, 5.41) is 12.0. The summed E-state index contributed by atoms with van der Waals surface area (Å²) in [6.07, 6.45) is 0. The van der Waals surface area contributed by atoms with Crippen molar-refractivity contribution in [2.45, 2.75) is 25.4 Å². The lowest BCUT2D eigenvalue weighted by atomic mass is 9.96. The molecule has 1 aromatic carbocycles. The Kier molecular flexibility index (Phi) is 2.36. The molecule has 2 atom stereocenters. The Bertz CT molecular complexity index is 404. The van der Waals surface area contributed by atoms with E-state index in [2.05, 4.69) is 5.32 Å². The number of rotatable bonds is 2. The number of hydrogen-bond donors (Lipinski definition) is 3. The van der Waals surface area contributed by atoms with E-state index >= 15 is 0 Å². The molecule has 4 N–H and O–H groups in total. The van der Waals surface area contributed by atoms with E-state index in [0.717, 1.165) is 16.8 Å². The van der Waals surface area contributed by atoms with E-state index < -0.39 is 12.0 Å². The van der Waals surface area contributed by atoms with Gasteiger partial charge in [0.1, 0.15) is 6.04 Å². The van der Waals surface area contributed by atoms with Crippen LogP contribution in [0.25, 0.3) is 0 Å². The van der Waals surface area contributed by atoms with Gasteiger partial charge >= 0.3 is 5.97 Å². The molecular formula is C11H14N2O2. The number of anilines is 1. The zero-order valence-corrected chi connectivity index (χ0v) is 8.53. The van der Waals surface area contributed by atoms with Crippen molar-refractivity contribution in [3.8, 4) is 0 Å². The third-order valence-corrected chi connectivity index (χ3v) is 2.92. The summed E-state index contributed by atoms with van der Waals surface area (Å²) in [6, 6.07) is 5.28. The second-order valence-electron chi connectivity index (χ2n) is 3.87. The first kappa shape index (κ1) is 9.98. The first-order valence-corrected chi connectivity index (χ1v) is 4.95. The van der Waals surface area contributed by atoms with Crippen molar-refractivity contribution < 1.29 is 9.90 Å². The van der Waals surface area contributed by atoms with Crippen LogP contribution in [0.5, 0.6) is 0 Å². The number of carboxylic acids is 1. The van der Waals surface area contributed by atoms with Gasteiger partial charge in [0.15, 0.2) is 0 Å². The molecule has 4 heteroatoms. The molecule has 0 fully saturated rings. The van der Waals surface area contributed by atoms with E-state index in [1.807, 2.05) is 25.1 Å². The lowest BCUT2D eigenvalue weighted by molar-refractivity contribution is -0.138. The van der Waals surface area contributed by atoms with Crippen LogP contribution in [0.1, 0.15) is 24.0 Å². The van der Waals surface area contributed by atoms with Crippen LogP contribution in [0.2, 0.25) is 0 Å². The van der Waals surface area contributed by atoms with E-state index in [1.54, 1.807) is 0 Å². The number of nitrogens with one attached hydrogen (secondary N) is 1. The topological polar surface area (TPSA) is 75.3 Å². The van der Waals surface area contributed by atoms with Gasteiger partial charge in [-0.05, 0) is 17.2 Å². The number of benzene rings is 1. The van der Waals surface area contributed by atoms with Gasteiger partial charge in [0, 0.05) is 18.2 Å². The molecule has 2 rings (SSSR count). The number of carboxylic acid groups (broad SMARTS) is 1. The van der Waals surface area contributed by atoms with Crippen LogP contribution in [0.4, 0.5) is 5.69 Å². The molecule has 2 unspecified atom stereocenters. The smallest absolute Gasteiger partial charge is 0.326 e. The molecule has 0 amide bonds. The van der Waals surface area contributed by atoms with E-state index in [4.69, 9.17) is 10.8 Å². The average Bonchev–Trinajstić information content (AvgIpc) is 2.56. The van der Waals surface area contributed by atoms with Gasteiger partial charge in [-0.15, -0.1) is 0 Å². The summed E-state index contributed by atoms with van der Waals surface area (Å²) in [6.45, 7) is 2.40. The highest BCUT2D eigenvalue weighted by molar-refractivity contribution is 5.82. The Hall–Kier alpha value is -1.55. The molecule has 0 saturated carbocycles. The molecule has 1 aromatic rings. The minimum atomic E-state index is -0.812. The summed E-state index contributed by atoms with van der Waals surface area (Å²) in [4.78, 5) is 10.9. The van der Waals surface area contributed by atoms with Gasteiger partial charge in [-0.3, -0.25) is 0 Å². The lowest BCUT2D eigenvalue weighted by Crippen LogP contribution is -2.28. The van der Waals surface area contributed by atoms with Crippen molar-refractivity contribution in [1.29, 1.82) is 0 Å². The van der Waals surface area contributed by atoms with Gasteiger partial charge in [-0.25, -0.2) is 4.79 Å². The van der Waals surface area contributed by atoms with Crippen molar-refractivity contribution in [1.82, 2.24) is 0 Å². The largest absolute Gasteiger partial charge is 0.480 e. The van der Waals surface area contributed by atoms with Crippen LogP contribution in [-0.2, 0) is 11.3 Å². The maximum absolute atomic E-state index is 10.9. The molecule has 0 aliphatic carbocycles. The molecule has 1 aliphatic heterocycles. The standard InChI is InChI=1S/C11H14N2O2/c1-6-8-4-7(5-12)2-3-9(8)13-10(6)11(14)15/h2-4,6,10,13H,5,12H2,1H3,(H,14,15). The highest BCUT2D eigenvalue weighted by atomic mass is 16.4. The number of fused-ring (bicyclic) bond motifs is 1. The Morgan fingerprint density at radius 2 is 2.33 bits per heavy atom. The molecule has 0 bridgehead atoms.